The van der Waals surface area contributed by atoms with Gasteiger partial charge in [0.15, 0.2) is 0 Å². The summed E-state index contributed by atoms with van der Waals surface area (Å²) in [5.74, 6) is -0.0339. The van der Waals surface area contributed by atoms with E-state index in [0.717, 1.165) is 9.14 Å². The van der Waals surface area contributed by atoms with Crippen LogP contribution < -0.4 is 0 Å². The van der Waals surface area contributed by atoms with Crippen molar-refractivity contribution in [2.45, 2.75) is 20.4 Å². The summed E-state index contributed by atoms with van der Waals surface area (Å²) < 4.78 is 2.14. The molecule has 1 aromatic carbocycles. The minimum Gasteiger partial charge on any atom is -0.312 e. The second kappa shape index (κ2) is 7.28. The van der Waals surface area contributed by atoms with Gasteiger partial charge in [-0.15, -0.1) is 0 Å². The maximum atomic E-state index is 11.9. The van der Waals surface area contributed by atoms with Crippen LogP contribution in [-0.2, 0) is 11.3 Å². The van der Waals surface area contributed by atoms with Gasteiger partial charge < -0.3 is 4.90 Å². The first kappa shape index (κ1) is 15.7. The topological polar surface area (TPSA) is 20.3 Å². The number of hydrogen-bond donors (Lipinski definition) is 0. The maximum Gasteiger partial charge on any atom is 0.251 e. The zero-order valence-corrected chi connectivity index (χ0v) is 14.7. The predicted molar refractivity (Wildman–Crippen MR) is 92.4 cm³/mol. The Hall–Kier alpha value is -0.370. The van der Waals surface area contributed by atoms with Crippen LogP contribution in [0.15, 0.2) is 40.6 Å². The fourth-order valence-corrected chi connectivity index (χ4v) is 2.74. The average molecular weight is 467 g/mol. The van der Waals surface area contributed by atoms with E-state index in [1.807, 2.05) is 6.92 Å². The standard InChI is InChI=1S/C14H15I2NO/c1-4-17(14(18)7-11(3)15)9-12-5-10(2)6-13(16)8-12/h4-8H,1,9H2,2-3H3. The van der Waals surface area contributed by atoms with Crippen molar-refractivity contribution in [1.82, 2.24) is 4.90 Å². The number of allylic oxidation sites excluding steroid dienone is 1. The van der Waals surface area contributed by atoms with E-state index in [-0.39, 0.29) is 5.91 Å². The second-order valence-electron chi connectivity index (χ2n) is 4.02. The summed E-state index contributed by atoms with van der Waals surface area (Å²) in [7, 11) is 0. The van der Waals surface area contributed by atoms with Gasteiger partial charge in [0.1, 0.15) is 0 Å². The molecular weight excluding hydrogens is 452 g/mol. The molecular formula is C14H15I2NO. The van der Waals surface area contributed by atoms with Gasteiger partial charge in [0, 0.05) is 15.8 Å². The van der Waals surface area contributed by atoms with Crippen molar-refractivity contribution < 1.29 is 4.79 Å². The quantitative estimate of drug-likeness (QED) is 0.475. The van der Waals surface area contributed by atoms with Crippen molar-refractivity contribution in [2.24, 2.45) is 0 Å². The number of carbonyl (C=O) groups is 1. The zero-order valence-electron chi connectivity index (χ0n) is 10.4. The summed E-state index contributed by atoms with van der Waals surface area (Å²) in [6.45, 7) is 8.21. The lowest BCUT2D eigenvalue weighted by atomic mass is 10.1. The SMILES string of the molecule is C=CN(Cc1cc(C)cc(I)c1)C(=O)C=C(C)I. The lowest BCUT2D eigenvalue weighted by Gasteiger charge is -2.17. The van der Waals surface area contributed by atoms with Crippen LogP contribution in [0.4, 0.5) is 0 Å². The Bertz CT molecular complexity index is 470. The Morgan fingerprint density at radius 1 is 1.44 bits per heavy atom. The van der Waals surface area contributed by atoms with Gasteiger partial charge in [0.2, 0.25) is 0 Å². The molecule has 0 spiro atoms. The molecule has 0 bridgehead atoms. The first-order chi connectivity index (χ1) is 8.42. The molecule has 0 unspecified atom stereocenters. The molecule has 0 aliphatic heterocycles. The molecule has 0 N–H and O–H groups in total. The average Bonchev–Trinajstić information content (AvgIpc) is 2.23. The number of rotatable bonds is 4. The van der Waals surface area contributed by atoms with Crippen LogP contribution >= 0.6 is 45.2 Å². The van der Waals surface area contributed by atoms with Gasteiger partial charge in [-0.1, -0.05) is 12.6 Å². The fraction of sp³-hybridized carbons (Fsp3) is 0.214. The molecule has 4 heteroatoms. The highest BCUT2D eigenvalue weighted by molar-refractivity contribution is 14.1. The molecule has 2 nitrogen and oxygen atoms in total. The third kappa shape index (κ3) is 5.09. The van der Waals surface area contributed by atoms with Gasteiger partial charge in [-0.2, -0.15) is 0 Å². The summed E-state index contributed by atoms with van der Waals surface area (Å²) in [5.41, 5.74) is 2.32. The van der Waals surface area contributed by atoms with Crippen LogP contribution in [0.2, 0.25) is 0 Å². The Morgan fingerprint density at radius 2 is 2.11 bits per heavy atom. The molecule has 96 valence electrons. The number of carbonyl (C=O) groups excluding carboxylic acids is 1. The monoisotopic (exact) mass is 467 g/mol. The van der Waals surface area contributed by atoms with Gasteiger partial charge >= 0.3 is 0 Å². The molecule has 1 rings (SSSR count). The molecule has 18 heavy (non-hydrogen) atoms. The number of amides is 1. The van der Waals surface area contributed by atoms with Gasteiger partial charge in [-0.05, 0) is 85.9 Å². The number of hydrogen-bond acceptors (Lipinski definition) is 1. The Kier molecular flexibility index (Phi) is 6.34. The molecule has 0 aliphatic carbocycles. The molecule has 1 amide bonds. The van der Waals surface area contributed by atoms with E-state index in [0.29, 0.717) is 6.54 Å². The van der Waals surface area contributed by atoms with Crippen molar-refractivity contribution in [3.05, 3.63) is 55.3 Å². The van der Waals surface area contributed by atoms with E-state index in [1.165, 1.54) is 9.13 Å². The van der Waals surface area contributed by atoms with Gasteiger partial charge in [0.25, 0.3) is 5.91 Å². The minimum absolute atomic E-state index is 0.0339. The second-order valence-corrected chi connectivity index (χ2v) is 6.96. The van der Waals surface area contributed by atoms with Crippen LogP contribution in [0.1, 0.15) is 18.1 Å². The Labute approximate surface area is 135 Å². The van der Waals surface area contributed by atoms with Crippen LogP contribution in [0, 0.1) is 10.5 Å². The van der Waals surface area contributed by atoms with Crippen molar-refractivity contribution >= 4 is 51.1 Å². The summed E-state index contributed by atoms with van der Waals surface area (Å²) >= 11 is 4.41. The molecule has 1 aromatic rings. The number of halogens is 2. The first-order valence-corrected chi connectivity index (χ1v) is 7.61. The lowest BCUT2D eigenvalue weighted by molar-refractivity contribution is -0.124. The number of benzene rings is 1. The van der Waals surface area contributed by atoms with Gasteiger partial charge in [-0.25, -0.2) is 0 Å². The maximum absolute atomic E-state index is 11.9. The van der Waals surface area contributed by atoms with Crippen LogP contribution in [0.3, 0.4) is 0 Å². The predicted octanol–water partition coefficient (Wildman–Crippen LogP) is 4.41. The fourth-order valence-electron chi connectivity index (χ4n) is 1.59. The summed E-state index contributed by atoms with van der Waals surface area (Å²) in [6, 6.07) is 6.28. The highest BCUT2D eigenvalue weighted by atomic mass is 127. The first-order valence-electron chi connectivity index (χ1n) is 5.45. The highest BCUT2D eigenvalue weighted by Crippen LogP contribution is 2.15. The Morgan fingerprint density at radius 3 is 2.61 bits per heavy atom. The van der Waals surface area contributed by atoms with E-state index in [1.54, 1.807) is 17.2 Å². The molecule has 0 saturated carbocycles. The molecule has 0 atom stereocenters. The third-order valence-electron chi connectivity index (χ3n) is 2.28. The van der Waals surface area contributed by atoms with E-state index >= 15 is 0 Å². The van der Waals surface area contributed by atoms with Crippen LogP contribution in [0.5, 0.6) is 0 Å². The van der Waals surface area contributed by atoms with E-state index in [2.05, 4.69) is 76.9 Å². The smallest absolute Gasteiger partial charge is 0.251 e. The van der Waals surface area contributed by atoms with E-state index in [4.69, 9.17) is 0 Å². The molecule has 0 saturated heterocycles. The molecule has 0 aliphatic rings. The minimum atomic E-state index is -0.0339. The van der Waals surface area contributed by atoms with Crippen LogP contribution in [-0.4, -0.2) is 10.8 Å². The van der Waals surface area contributed by atoms with Crippen molar-refractivity contribution in [3.63, 3.8) is 0 Å². The summed E-state index contributed by atoms with van der Waals surface area (Å²) in [5, 5.41) is 0. The van der Waals surface area contributed by atoms with Crippen molar-refractivity contribution in [3.8, 4) is 0 Å². The molecule has 0 heterocycles. The summed E-state index contributed by atoms with van der Waals surface area (Å²) in [4.78, 5) is 13.5. The molecule has 0 aromatic heterocycles. The largest absolute Gasteiger partial charge is 0.312 e. The number of aryl methyl sites for hydroxylation is 1. The lowest BCUT2D eigenvalue weighted by Crippen LogP contribution is -2.23. The number of nitrogens with zero attached hydrogens (tertiary/aromatic N) is 1. The summed E-state index contributed by atoms with van der Waals surface area (Å²) in [6.07, 6.45) is 3.19. The third-order valence-corrected chi connectivity index (χ3v) is 3.21. The van der Waals surface area contributed by atoms with Crippen molar-refractivity contribution in [2.75, 3.05) is 0 Å². The zero-order chi connectivity index (χ0) is 13.7. The molecule has 0 radical (unpaired) electrons. The molecule has 0 fully saturated rings. The van der Waals surface area contributed by atoms with Crippen molar-refractivity contribution in [1.29, 1.82) is 0 Å². The van der Waals surface area contributed by atoms with E-state index in [9.17, 15) is 4.79 Å². The van der Waals surface area contributed by atoms with Gasteiger partial charge in [0.05, 0.1) is 6.54 Å². The highest BCUT2D eigenvalue weighted by Gasteiger charge is 2.09. The van der Waals surface area contributed by atoms with E-state index < -0.39 is 0 Å². The van der Waals surface area contributed by atoms with Gasteiger partial charge in [-0.3, -0.25) is 4.79 Å². The normalized spacial score (nSPS) is 11.2. The van der Waals surface area contributed by atoms with Crippen LogP contribution in [0.25, 0.3) is 0 Å². The Balaban J connectivity index is 2.89.